The van der Waals surface area contributed by atoms with E-state index in [1.165, 1.54) is 19.1 Å². The van der Waals surface area contributed by atoms with Crippen molar-refractivity contribution >= 4 is 38.6 Å². The molecule has 0 bridgehead atoms. The van der Waals surface area contributed by atoms with Gasteiger partial charge in [-0.1, -0.05) is 0 Å². The van der Waals surface area contributed by atoms with E-state index in [-0.39, 0.29) is 0 Å². The van der Waals surface area contributed by atoms with Gasteiger partial charge in [-0.2, -0.15) is 0 Å². The van der Waals surface area contributed by atoms with Gasteiger partial charge >= 0.3 is 0 Å². The Morgan fingerprint density at radius 2 is 2.18 bits per heavy atom. The third-order valence-corrected chi connectivity index (χ3v) is 5.55. The topological polar surface area (TPSA) is 12.0 Å². The first-order valence-corrected chi connectivity index (χ1v) is 8.14. The summed E-state index contributed by atoms with van der Waals surface area (Å²) in [5, 5.41) is 5.69. The molecule has 0 amide bonds. The van der Waals surface area contributed by atoms with E-state index in [0.29, 0.717) is 6.04 Å². The average Bonchev–Trinajstić information content (AvgIpc) is 2.85. The van der Waals surface area contributed by atoms with E-state index in [1.807, 2.05) is 11.3 Å². The molecule has 0 aliphatic heterocycles. The largest absolute Gasteiger partial charge is 0.309 e. The molecule has 0 radical (unpaired) electrons. The van der Waals surface area contributed by atoms with E-state index in [9.17, 15) is 0 Å². The lowest BCUT2D eigenvalue weighted by Crippen LogP contribution is -2.26. The Kier molecular flexibility index (Phi) is 4.79. The van der Waals surface area contributed by atoms with Crippen LogP contribution in [0.1, 0.15) is 21.6 Å². The minimum Gasteiger partial charge on any atom is -0.309 e. The molecule has 0 aromatic carbocycles. The predicted octanol–water partition coefficient (Wildman–Crippen LogP) is 4.60. The Morgan fingerprint density at radius 1 is 1.35 bits per heavy atom. The average molecular weight is 330 g/mol. The van der Waals surface area contributed by atoms with E-state index in [1.54, 1.807) is 11.3 Å². The van der Waals surface area contributed by atoms with Crippen LogP contribution in [0.25, 0.3) is 0 Å². The van der Waals surface area contributed by atoms with Gasteiger partial charge in [-0.15, -0.1) is 22.7 Å². The van der Waals surface area contributed by atoms with Crippen molar-refractivity contribution in [3.63, 3.8) is 0 Å². The molecule has 1 nitrogen and oxygen atoms in total. The molecule has 0 aliphatic rings. The normalized spacial score (nSPS) is 12.9. The van der Waals surface area contributed by atoms with E-state index in [2.05, 4.69) is 58.7 Å². The van der Waals surface area contributed by atoms with Crippen molar-refractivity contribution in [2.24, 2.45) is 0 Å². The Morgan fingerprint density at radius 3 is 2.76 bits per heavy atom. The zero-order valence-electron chi connectivity index (χ0n) is 10.00. The number of hydrogen-bond acceptors (Lipinski definition) is 3. The fraction of sp³-hybridized carbons (Fsp3) is 0.385. The standard InChI is InChI=1S/C13H16BrNS2/c1-9(7-11-4-3-10(2)17-11)15-8-13-12(14)5-6-16-13/h3-6,9,15H,7-8H2,1-2H3. The molecule has 0 saturated heterocycles. The number of nitrogens with one attached hydrogen (secondary N) is 1. The summed E-state index contributed by atoms with van der Waals surface area (Å²) in [4.78, 5) is 4.24. The van der Waals surface area contributed by atoms with Gasteiger partial charge in [0.2, 0.25) is 0 Å². The molecule has 92 valence electrons. The van der Waals surface area contributed by atoms with Crippen LogP contribution in [-0.2, 0) is 13.0 Å². The van der Waals surface area contributed by atoms with Crippen LogP contribution >= 0.6 is 38.6 Å². The number of hydrogen-bond donors (Lipinski definition) is 1. The second-order valence-electron chi connectivity index (χ2n) is 4.19. The van der Waals surface area contributed by atoms with E-state index in [0.717, 1.165) is 13.0 Å². The molecule has 1 N–H and O–H groups in total. The van der Waals surface area contributed by atoms with E-state index < -0.39 is 0 Å². The third kappa shape index (κ3) is 3.91. The minimum absolute atomic E-state index is 0.516. The van der Waals surface area contributed by atoms with Crippen LogP contribution in [-0.4, -0.2) is 6.04 Å². The molecule has 1 unspecified atom stereocenters. The molecule has 0 aliphatic carbocycles. The van der Waals surface area contributed by atoms with Gasteiger partial charge in [0, 0.05) is 31.7 Å². The molecule has 2 aromatic rings. The van der Waals surface area contributed by atoms with Crippen molar-refractivity contribution in [1.29, 1.82) is 0 Å². The van der Waals surface area contributed by atoms with Crippen LogP contribution in [0, 0.1) is 6.92 Å². The second kappa shape index (κ2) is 6.14. The fourth-order valence-corrected chi connectivity index (χ4v) is 4.15. The molecular weight excluding hydrogens is 314 g/mol. The molecule has 17 heavy (non-hydrogen) atoms. The van der Waals surface area contributed by atoms with Crippen molar-refractivity contribution in [2.75, 3.05) is 0 Å². The highest BCUT2D eigenvalue weighted by Gasteiger charge is 2.07. The number of rotatable bonds is 5. The SMILES string of the molecule is Cc1ccc(CC(C)NCc2sccc2Br)s1. The van der Waals surface area contributed by atoms with Gasteiger partial charge in [-0.3, -0.25) is 0 Å². The summed E-state index contributed by atoms with van der Waals surface area (Å²) in [6.07, 6.45) is 1.11. The van der Waals surface area contributed by atoms with Gasteiger partial charge in [0.15, 0.2) is 0 Å². The lowest BCUT2D eigenvalue weighted by Gasteiger charge is -2.12. The van der Waals surface area contributed by atoms with Crippen molar-refractivity contribution in [3.8, 4) is 0 Å². The Labute approximate surface area is 119 Å². The molecule has 1 atom stereocenters. The molecule has 2 heterocycles. The summed E-state index contributed by atoms with van der Waals surface area (Å²) in [7, 11) is 0. The lowest BCUT2D eigenvalue weighted by molar-refractivity contribution is 0.551. The maximum absolute atomic E-state index is 3.57. The molecule has 2 aromatic heterocycles. The van der Waals surface area contributed by atoms with Crippen molar-refractivity contribution < 1.29 is 0 Å². The van der Waals surface area contributed by atoms with Gasteiger partial charge < -0.3 is 5.32 Å². The summed E-state index contributed by atoms with van der Waals surface area (Å²) < 4.78 is 1.22. The highest BCUT2D eigenvalue weighted by molar-refractivity contribution is 9.10. The molecule has 0 spiro atoms. The van der Waals surface area contributed by atoms with Gasteiger partial charge in [-0.25, -0.2) is 0 Å². The summed E-state index contributed by atoms with van der Waals surface area (Å²) in [5.74, 6) is 0. The van der Waals surface area contributed by atoms with Crippen LogP contribution < -0.4 is 5.32 Å². The van der Waals surface area contributed by atoms with E-state index >= 15 is 0 Å². The van der Waals surface area contributed by atoms with Gasteiger partial charge in [0.05, 0.1) is 0 Å². The van der Waals surface area contributed by atoms with Crippen LogP contribution in [0.5, 0.6) is 0 Å². The van der Waals surface area contributed by atoms with Gasteiger partial charge in [-0.05, 0) is 59.8 Å². The Bertz CT molecular complexity index is 475. The molecule has 2 rings (SSSR count). The number of thiophene rings is 2. The van der Waals surface area contributed by atoms with Gasteiger partial charge in [0.25, 0.3) is 0 Å². The summed E-state index contributed by atoms with van der Waals surface area (Å²) in [5.41, 5.74) is 0. The molecule has 0 saturated carbocycles. The summed E-state index contributed by atoms with van der Waals surface area (Å²) in [6, 6.07) is 7.05. The van der Waals surface area contributed by atoms with Gasteiger partial charge in [0.1, 0.15) is 0 Å². The minimum atomic E-state index is 0.516. The molecule has 4 heteroatoms. The monoisotopic (exact) mass is 329 g/mol. The first-order chi connectivity index (χ1) is 8.15. The van der Waals surface area contributed by atoms with E-state index in [4.69, 9.17) is 0 Å². The first kappa shape index (κ1) is 13.3. The maximum atomic E-state index is 3.57. The highest BCUT2D eigenvalue weighted by Crippen LogP contribution is 2.22. The number of aryl methyl sites for hydroxylation is 1. The highest BCUT2D eigenvalue weighted by atomic mass is 79.9. The summed E-state index contributed by atoms with van der Waals surface area (Å²) in [6.45, 7) is 5.36. The maximum Gasteiger partial charge on any atom is 0.0327 e. The van der Waals surface area contributed by atoms with Crippen molar-refractivity contribution in [3.05, 3.63) is 42.7 Å². The predicted molar refractivity (Wildman–Crippen MR) is 81.1 cm³/mol. The zero-order chi connectivity index (χ0) is 12.3. The second-order valence-corrected chi connectivity index (χ2v) is 7.42. The lowest BCUT2D eigenvalue weighted by atomic mass is 10.2. The molecule has 0 fully saturated rings. The van der Waals surface area contributed by atoms with Crippen molar-refractivity contribution in [1.82, 2.24) is 5.32 Å². The third-order valence-electron chi connectivity index (χ3n) is 2.61. The first-order valence-electron chi connectivity index (χ1n) is 5.65. The molecular formula is C13H16BrNS2. The fourth-order valence-electron chi connectivity index (χ4n) is 1.69. The quantitative estimate of drug-likeness (QED) is 0.845. The van der Waals surface area contributed by atoms with Crippen LogP contribution in [0.2, 0.25) is 0 Å². The van der Waals surface area contributed by atoms with Crippen LogP contribution in [0.4, 0.5) is 0 Å². The van der Waals surface area contributed by atoms with Crippen LogP contribution in [0.3, 0.4) is 0 Å². The Hall–Kier alpha value is -0.160. The zero-order valence-corrected chi connectivity index (χ0v) is 13.2. The Balaban J connectivity index is 1.82. The van der Waals surface area contributed by atoms with Crippen molar-refractivity contribution in [2.45, 2.75) is 32.9 Å². The number of halogens is 1. The van der Waals surface area contributed by atoms with Crippen LogP contribution in [0.15, 0.2) is 28.1 Å². The summed E-state index contributed by atoms with van der Waals surface area (Å²) >= 11 is 7.25. The smallest absolute Gasteiger partial charge is 0.0327 e.